The lowest BCUT2D eigenvalue weighted by Crippen LogP contribution is -1.79. The van der Waals surface area contributed by atoms with Crippen molar-refractivity contribution >= 4 is 11.6 Å². The molecule has 2 rings (SSSR count). The van der Waals surface area contributed by atoms with Crippen molar-refractivity contribution in [2.75, 3.05) is 0 Å². The summed E-state index contributed by atoms with van der Waals surface area (Å²) < 4.78 is 0. The predicted molar refractivity (Wildman–Crippen MR) is 56.3 cm³/mol. The Hall–Kier alpha value is -1.54. The summed E-state index contributed by atoms with van der Waals surface area (Å²) in [6, 6.07) is 8.89. The fourth-order valence-electron chi connectivity index (χ4n) is 1.22. The molecule has 0 aliphatic carbocycles. The van der Waals surface area contributed by atoms with E-state index >= 15 is 0 Å². The average molecular weight is 206 g/mol. The molecule has 0 radical (unpaired) electrons. The SMILES string of the molecule is Oc1ccc(-c2cccnc2)cc1Cl. The first-order valence-corrected chi connectivity index (χ1v) is 4.54. The van der Waals surface area contributed by atoms with Crippen LogP contribution in [-0.2, 0) is 0 Å². The minimum Gasteiger partial charge on any atom is -0.506 e. The molecular formula is C11H8ClNO. The van der Waals surface area contributed by atoms with Crippen LogP contribution in [0.25, 0.3) is 11.1 Å². The predicted octanol–water partition coefficient (Wildman–Crippen LogP) is 3.11. The van der Waals surface area contributed by atoms with Crippen LogP contribution in [0.2, 0.25) is 5.02 Å². The standard InChI is InChI=1S/C11H8ClNO/c12-10-6-8(3-4-11(10)14)9-2-1-5-13-7-9/h1-7,14H. The van der Waals surface area contributed by atoms with Crippen molar-refractivity contribution in [1.29, 1.82) is 0 Å². The Kier molecular flexibility index (Phi) is 2.37. The van der Waals surface area contributed by atoms with Crippen molar-refractivity contribution in [3.8, 4) is 16.9 Å². The van der Waals surface area contributed by atoms with Crippen LogP contribution in [-0.4, -0.2) is 10.1 Å². The second-order valence-electron chi connectivity index (χ2n) is 2.91. The molecule has 1 aromatic carbocycles. The van der Waals surface area contributed by atoms with Crippen molar-refractivity contribution < 1.29 is 5.11 Å². The summed E-state index contributed by atoms with van der Waals surface area (Å²) in [6.45, 7) is 0. The zero-order chi connectivity index (χ0) is 9.97. The Balaban J connectivity index is 2.48. The summed E-state index contributed by atoms with van der Waals surface area (Å²) in [5, 5.41) is 9.60. The number of aromatic nitrogens is 1. The number of phenolic OH excluding ortho intramolecular Hbond substituents is 1. The van der Waals surface area contributed by atoms with E-state index in [1.165, 1.54) is 0 Å². The van der Waals surface area contributed by atoms with E-state index in [0.29, 0.717) is 5.02 Å². The van der Waals surface area contributed by atoms with E-state index in [4.69, 9.17) is 11.6 Å². The normalized spacial score (nSPS) is 10.1. The number of hydrogen-bond acceptors (Lipinski definition) is 2. The van der Waals surface area contributed by atoms with Gasteiger partial charge in [-0.25, -0.2) is 0 Å². The Bertz CT molecular complexity index is 442. The van der Waals surface area contributed by atoms with Gasteiger partial charge in [0.25, 0.3) is 0 Å². The Morgan fingerprint density at radius 1 is 1.14 bits per heavy atom. The second-order valence-corrected chi connectivity index (χ2v) is 3.32. The average Bonchev–Trinajstić information content (AvgIpc) is 2.23. The number of nitrogens with zero attached hydrogens (tertiary/aromatic N) is 1. The van der Waals surface area contributed by atoms with Gasteiger partial charge < -0.3 is 5.11 Å². The second kappa shape index (κ2) is 3.68. The lowest BCUT2D eigenvalue weighted by Gasteiger charge is -2.02. The molecule has 0 aliphatic heterocycles. The molecule has 0 spiro atoms. The van der Waals surface area contributed by atoms with Crippen molar-refractivity contribution in [2.24, 2.45) is 0 Å². The van der Waals surface area contributed by atoms with Crippen LogP contribution in [0.3, 0.4) is 0 Å². The quantitative estimate of drug-likeness (QED) is 0.776. The Morgan fingerprint density at radius 2 is 2.00 bits per heavy atom. The third-order valence-corrected chi connectivity index (χ3v) is 2.25. The molecule has 0 unspecified atom stereocenters. The Labute approximate surface area is 86.8 Å². The lowest BCUT2D eigenvalue weighted by molar-refractivity contribution is 0.475. The minimum atomic E-state index is 0.0966. The highest BCUT2D eigenvalue weighted by Crippen LogP contribution is 2.28. The van der Waals surface area contributed by atoms with Gasteiger partial charge in [0.1, 0.15) is 5.75 Å². The molecule has 0 fully saturated rings. The molecule has 0 amide bonds. The first-order chi connectivity index (χ1) is 6.77. The van der Waals surface area contributed by atoms with Crippen LogP contribution in [0.5, 0.6) is 5.75 Å². The number of halogens is 1. The monoisotopic (exact) mass is 205 g/mol. The first kappa shape index (κ1) is 9.03. The maximum absolute atomic E-state index is 9.24. The van der Waals surface area contributed by atoms with E-state index in [0.717, 1.165) is 11.1 Å². The van der Waals surface area contributed by atoms with E-state index < -0.39 is 0 Å². The highest BCUT2D eigenvalue weighted by atomic mass is 35.5. The fraction of sp³-hybridized carbons (Fsp3) is 0. The van der Waals surface area contributed by atoms with Gasteiger partial charge in [0.15, 0.2) is 0 Å². The van der Waals surface area contributed by atoms with E-state index in [1.807, 2.05) is 12.1 Å². The highest BCUT2D eigenvalue weighted by Gasteiger charge is 2.01. The number of aromatic hydroxyl groups is 1. The molecule has 2 aromatic rings. The smallest absolute Gasteiger partial charge is 0.134 e. The van der Waals surface area contributed by atoms with Crippen molar-refractivity contribution in [3.63, 3.8) is 0 Å². The molecule has 1 N–H and O–H groups in total. The molecule has 1 aromatic heterocycles. The molecule has 0 aliphatic rings. The zero-order valence-electron chi connectivity index (χ0n) is 7.31. The molecule has 0 atom stereocenters. The summed E-state index contributed by atoms with van der Waals surface area (Å²) in [4.78, 5) is 4.01. The van der Waals surface area contributed by atoms with Crippen molar-refractivity contribution in [3.05, 3.63) is 47.7 Å². The van der Waals surface area contributed by atoms with Crippen molar-refractivity contribution in [1.82, 2.24) is 4.98 Å². The van der Waals surface area contributed by atoms with Gasteiger partial charge in [0.2, 0.25) is 0 Å². The van der Waals surface area contributed by atoms with E-state index in [9.17, 15) is 5.11 Å². The molecule has 3 heteroatoms. The number of rotatable bonds is 1. The van der Waals surface area contributed by atoms with Gasteiger partial charge >= 0.3 is 0 Å². The van der Waals surface area contributed by atoms with E-state index in [2.05, 4.69) is 4.98 Å². The lowest BCUT2D eigenvalue weighted by atomic mass is 10.1. The molecule has 14 heavy (non-hydrogen) atoms. The first-order valence-electron chi connectivity index (χ1n) is 4.16. The maximum atomic E-state index is 9.24. The van der Waals surface area contributed by atoms with Crippen molar-refractivity contribution in [2.45, 2.75) is 0 Å². The molecule has 0 bridgehead atoms. The highest BCUT2D eigenvalue weighted by molar-refractivity contribution is 6.32. The minimum absolute atomic E-state index is 0.0966. The van der Waals surface area contributed by atoms with Crippen LogP contribution >= 0.6 is 11.6 Å². The molecular weight excluding hydrogens is 198 g/mol. The number of benzene rings is 1. The van der Waals surface area contributed by atoms with Gasteiger partial charge in [0, 0.05) is 18.0 Å². The third-order valence-electron chi connectivity index (χ3n) is 1.94. The van der Waals surface area contributed by atoms with Gasteiger partial charge in [0.05, 0.1) is 5.02 Å². The fourth-order valence-corrected chi connectivity index (χ4v) is 1.40. The van der Waals surface area contributed by atoms with Gasteiger partial charge in [-0.2, -0.15) is 0 Å². The van der Waals surface area contributed by atoms with Crippen LogP contribution in [0, 0.1) is 0 Å². The number of hydrogen-bond donors (Lipinski definition) is 1. The van der Waals surface area contributed by atoms with Crippen LogP contribution in [0.1, 0.15) is 0 Å². The van der Waals surface area contributed by atoms with Gasteiger partial charge in [-0.3, -0.25) is 4.98 Å². The molecule has 0 saturated carbocycles. The summed E-state index contributed by atoms with van der Waals surface area (Å²) in [7, 11) is 0. The van der Waals surface area contributed by atoms with E-state index in [-0.39, 0.29) is 5.75 Å². The summed E-state index contributed by atoms with van der Waals surface area (Å²) in [5.41, 5.74) is 1.93. The topological polar surface area (TPSA) is 33.1 Å². The molecule has 0 saturated heterocycles. The van der Waals surface area contributed by atoms with Gasteiger partial charge in [-0.05, 0) is 23.8 Å². The molecule has 70 valence electrons. The maximum Gasteiger partial charge on any atom is 0.134 e. The zero-order valence-corrected chi connectivity index (χ0v) is 8.07. The van der Waals surface area contributed by atoms with Gasteiger partial charge in [-0.15, -0.1) is 0 Å². The molecule has 2 nitrogen and oxygen atoms in total. The summed E-state index contributed by atoms with van der Waals surface area (Å²) >= 11 is 5.79. The summed E-state index contributed by atoms with van der Waals surface area (Å²) in [6.07, 6.45) is 3.47. The van der Waals surface area contributed by atoms with E-state index in [1.54, 1.807) is 30.6 Å². The van der Waals surface area contributed by atoms with Gasteiger partial charge in [-0.1, -0.05) is 23.7 Å². The van der Waals surface area contributed by atoms with Crippen LogP contribution < -0.4 is 0 Å². The largest absolute Gasteiger partial charge is 0.506 e. The number of pyridine rings is 1. The summed E-state index contributed by atoms with van der Waals surface area (Å²) in [5.74, 6) is 0.0966. The van der Waals surface area contributed by atoms with Crippen LogP contribution in [0.15, 0.2) is 42.7 Å². The number of phenols is 1. The third kappa shape index (κ3) is 1.70. The Morgan fingerprint density at radius 3 is 2.64 bits per heavy atom. The van der Waals surface area contributed by atoms with Crippen LogP contribution in [0.4, 0.5) is 0 Å². The molecule has 1 heterocycles.